The van der Waals surface area contributed by atoms with E-state index in [4.69, 9.17) is 17.0 Å². The molecule has 100 valence electrons. The van der Waals surface area contributed by atoms with Gasteiger partial charge in [0.2, 0.25) is 0 Å². The van der Waals surface area contributed by atoms with Crippen LogP contribution in [0.3, 0.4) is 0 Å². The van der Waals surface area contributed by atoms with Crippen LogP contribution in [0, 0.1) is 0 Å². The number of nitrogens with one attached hydrogen (secondary N) is 1. The highest BCUT2D eigenvalue weighted by Crippen LogP contribution is 2.17. The Balaban J connectivity index is 2.16. The Morgan fingerprint density at radius 1 is 1.35 bits per heavy atom. The minimum atomic E-state index is 0.295. The third-order valence-electron chi connectivity index (χ3n) is 3.16. The fourth-order valence-corrected chi connectivity index (χ4v) is 2.32. The molecule has 3 nitrogen and oxygen atoms in total. The van der Waals surface area contributed by atoms with E-state index in [1.165, 1.54) is 32.1 Å². The lowest BCUT2D eigenvalue weighted by molar-refractivity contribution is 0.0723. The summed E-state index contributed by atoms with van der Waals surface area (Å²) in [5.74, 6) is 0. The van der Waals surface area contributed by atoms with Crippen molar-refractivity contribution in [3.05, 3.63) is 0 Å². The van der Waals surface area contributed by atoms with E-state index in [0.29, 0.717) is 12.1 Å². The second kappa shape index (κ2) is 7.88. The molecule has 1 saturated carbocycles. The molecule has 0 aromatic heterocycles. The molecule has 0 unspecified atom stereocenters. The van der Waals surface area contributed by atoms with Crippen molar-refractivity contribution >= 4 is 17.3 Å². The minimum Gasteiger partial charge on any atom is -0.377 e. The molecule has 1 rings (SSSR count). The summed E-state index contributed by atoms with van der Waals surface area (Å²) in [7, 11) is 2.03. The van der Waals surface area contributed by atoms with Crippen molar-refractivity contribution < 1.29 is 4.74 Å². The zero-order valence-corrected chi connectivity index (χ0v) is 12.2. The first-order valence-corrected chi connectivity index (χ1v) is 7.13. The first-order chi connectivity index (χ1) is 8.09. The maximum absolute atomic E-state index is 5.52. The van der Waals surface area contributed by atoms with Crippen LogP contribution in [0.15, 0.2) is 0 Å². The van der Waals surface area contributed by atoms with Gasteiger partial charge in [0.05, 0.1) is 12.7 Å². The molecule has 0 aromatic carbocycles. The van der Waals surface area contributed by atoms with Gasteiger partial charge in [-0.25, -0.2) is 0 Å². The van der Waals surface area contributed by atoms with Gasteiger partial charge in [0.25, 0.3) is 0 Å². The highest BCUT2D eigenvalue weighted by atomic mass is 32.1. The first kappa shape index (κ1) is 14.7. The molecule has 0 bridgehead atoms. The molecule has 1 N–H and O–H groups in total. The molecule has 4 heteroatoms. The predicted molar refractivity (Wildman–Crippen MR) is 76.3 cm³/mol. The van der Waals surface area contributed by atoms with Crippen molar-refractivity contribution in [2.24, 2.45) is 0 Å². The second-order valence-electron chi connectivity index (χ2n) is 5.13. The van der Waals surface area contributed by atoms with E-state index in [1.54, 1.807) is 0 Å². The van der Waals surface area contributed by atoms with E-state index >= 15 is 0 Å². The predicted octanol–water partition coefficient (Wildman–Crippen LogP) is 2.55. The number of thiocarbonyl (C=S) groups is 1. The van der Waals surface area contributed by atoms with E-state index < -0.39 is 0 Å². The second-order valence-corrected chi connectivity index (χ2v) is 5.51. The summed E-state index contributed by atoms with van der Waals surface area (Å²) in [6, 6.07) is 0.588. The Bertz CT molecular complexity index is 227. The fraction of sp³-hybridized carbons (Fsp3) is 0.923. The van der Waals surface area contributed by atoms with Gasteiger partial charge in [-0.2, -0.15) is 0 Å². The summed E-state index contributed by atoms with van der Waals surface area (Å²) < 4.78 is 5.52. The van der Waals surface area contributed by atoms with E-state index in [2.05, 4.69) is 24.1 Å². The molecule has 0 saturated heterocycles. The molecule has 17 heavy (non-hydrogen) atoms. The van der Waals surface area contributed by atoms with Gasteiger partial charge in [-0.1, -0.05) is 19.3 Å². The lowest BCUT2D eigenvalue weighted by atomic mass is 9.96. The van der Waals surface area contributed by atoms with Gasteiger partial charge in [-0.05, 0) is 38.9 Å². The van der Waals surface area contributed by atoms with Crippen LogP contribution in [0.5, 0.6) is 0 Å². The monoisotopic (exact) mass is 258 g/mol. The summed E-state index contributed by atoms with van der Waals surface area (Å²) in [6.45, 7) is 5.70. The lowest BCUT2D eigenvalue weighted by Crippen LogP contribution is -2.44. The number of hydrogen-bond donors (Lipinski definition) is 1. The van der Waals surface area contributed by atoms with Gasteiger partial charge in [-0.3, -0.25) is 0 Å². The Hall–Kier alpha value is -0.350. The Labute approximate surface area is 111 Å². The minimum absolute atomic E-state index is 0.295. The number of rotatable bonds is 5. The highest BCUT2D eigenvalue weighted by Gasteiger charge is 2.15. The zero-order chi connectivity index (χ0) is 12.7. The summed E-state index contributed by atoms with van der Waals surface area (Å²) in [5, 5.41) is 4.32. The molecule has 1 aliphatic rings. The molecule has 0 radical (unpaired) electrons. The topological polar surface area (TPSA) is 24.5 Å². The van der Waals surface area contributed by atoms with E-state index in [-0.39, 0.29) is 0 Å². The third kappa shape index (κ3) is 6.22. The largest absolute Gasteiger partial charge is 0.377 e. The van der Waals surface area contributed by atoms with Crippen molar-refractivity contribution in [1.82, 2.24) is 10.2 Å². The molecule has 0 aromatic rings. The van der Waals surface area contributed by atoms with Gasteiger partial charge < -0.3 is 15.0 Å². The van der Waals surface area contributed by atoms with Crippen LogP contribution >= 0.6 is 12.2 Å². The van der Waals surface area contributed by atoms with Gasteiger partial charge in [-0.15, -0.1) is 0 Å². The fourth-order valence-electron chi connectivity index (χ4n) is 2.06. The van der Waals surface area contributed by atoms with Crippen molar-refractivity contribution in [2.75, 3.05) is 20.2 Å². The third-order valence-corrected chi connectivity index (χ3v) is 3.59. The normalized spacial score (nSPS) is 17.2. The van der Waals surface area contributed by atoms with Crippen molar-refractivity contribution in [2.45, 2.75) is 58.1 Å². The molecule has 0 amide bonds. The Kier molecular flexibility index (Phi) is 6.82. The molecular formula is C13H26N2OS. The van der Waals surface area contributed by atoms with Crippen LogP contribution in [-0.2, 0) is 4.74 Å². The van der Waals surface area contributed by atoms with E-state index in [9.17, 15) is 0 Å². The maximum atomic E-state index is 5.52. The van der Waals surface area contributed by atoms with Crippen LogP contribution in [-0.4, -0.2) is 42.4 Å². The maximum Gasteiger partial charge on any atom is 0.168 e. The molecular weight excluding hydrogens is 232 g/mol. The highest BCUT2D eigenvalue weighted by molar-refractivity contribution is 7.80. The van der Waals surface area contributed by atoms with Crippen LogP contribution < -0.4 is 5.32 Å². The summed E-state index contributed by atoms with van der Waals surface area (Å²) >= 11 is 5.40. The average Bonchev–Trinajstić information content (AvgIpc) is 2.29. The van der Waals surface area contributed by atoms with Gasteiger partial charge in [0, 0.05) is 19.6 Å². The lowest BCUT2D eigenvalue weighted by Gasteiger charge is -2.28. The molecule has 1 aliphatic carbocycles. The summed E-state index contributed by atoms with van der Waals surface area (Å²) in [5.41, 5.74) is 0. The first-order valence-electron chi connectivity index (χ1n) is 6.73. The standard InChI is InChI=1S/C13H26N2OS/c1-11(2)16-10-9-15(3)13(17)14-12-7-5-4-6-8-12/h11-12H,4-10H2,1-3H3,(H,14,17). The van der Waals surface area contributed by atoms with Crippen molar-refractivity contribution in [3.8, 4) is 0 Å². The molecule has 1 fully saturated rings. The summed E-state index contributed by atoms with van der Waals surface area (Å²) in [4.78, 5) is 2.08. The van der Waals surface area contributed by atoms with Crippen LogP contribution in [0.4, 0.5) is 0 Å². The summed E-state index contributed by atoms with van der Waals surface area (Å²) in [6.07, 6.45) is 6.86. The van der Waals surface area contributed by atoms with Crippen molar-refractivity contribution in [3.63, 3.8) is 0 Å². The Morgan fingerprint density at radius 2 is 2.00 bits per heavy atom. The van der Waals surface area contributed by atoms with Crippen LogP contribution in [0.25, 0.3) is 0 Å². The van der Waals surface area contributed by atoms with Crippen LogP contribution in [0.1, 0.15) is 46.0 Å². The van der Waals surface area contributed by atoms with Gasteiger partial charge in [0.1, 0.15) is 0 Å². The quantitative estimate of drug-likeness (QED) is 0.766. The molecule has 0 atom stereocenters. The smallest absolute Gasteiger partial charge is 0.168 e. The number of ether oxygens (including phenoxy) is 1. The number of nitrogens with zero attached hydrogens (tertiary/aromatic N) is 1. The van der Waals surface area contributed by atoms with Crippen LogP contribution in [0.2, 0.25) is 0 Å². The molecule has 0 spiro atoms. The number of hydrogen-bond acceptors (Lipinski definition) is 2. The Morgan fingerprint density at radius 3 is 2.59 bits per heavy atom. The van der Waals surface area contributed by atoms with Crippen molar-refractivity contribution in [1.29, 1.82) is 0 Å². The van der Waals surface area contributed by atoms with E-state index in [1.807, 2.05) is 7.05 Å². The zero-order valence-electron chi connectivity index (χ0n) is 11.4. The SMILES string of the molecule is CC(C)OCCN(C)C(=S)NC1CCCCC1. The molecule has 0 heterocycles. The number of likely N-dealkylation sites (N-methyl/N-ethyl adjacent to an activating group) is 1. The average molecular weight is 258 g/mol. The van der Waals surface area contributed by atoms with Gasteiger partial charge >= 0.3 is 0 Å². The van der Waals surface area contributed by atoms with Gasteiger partial charge in [0.15, 0.2) is 5.11 Å². The molecule has 0 aliphatic heterocycles. The van der Waals surface area contributed by atoms with E-state index in [0.717, 1.165) is 18.3 Å².